The molecule has 2 aliphatic heterocycles. The average Bonchev–Trinajstić information content (AvgIpc) is 3.57. The molecule has 262 valence electrons. The van der Waals surface area contributed by atoms with Crippen molar-refractivity contribution in [3.05, 3.63) is 200 Å². The predicted octanol–water partition coefficient (Wildman–Crippen LogP) is 9.67. The molecule has 0 saturated heterocycles. The van der Waals surface area contributed by atoms with Gasteiger partial charge in [-0.1, -0.05) is 182 Å². The van der Waals surface area contributed by atoms with Crippen LogP contribution in [0.15, 0.2) is 200 Å². The second-order valence-electron chi connectivity index (χ2n) is 14.3. The van der Waals surface area contributed by atoms with Gasteiger partial charge >= 0.3 is 0 Å². The smallest absolute Gasteiger partial charge is 0.189 e. The fourth-order valence-electron chi connectivity index (χ4n) is 8.67. The van der Waals surface area contributed by atoms with Crippen molar-refractivity contribution in [2.45, 2.75) is 0 Å². The Morgan fingerprint density at radius 3 is 1.39 bits per heavy atom. The molecule has 1 aromatic heterocycles. The predicted molar refractivity (Wildman–Crippen MR) is 230 cm³/mol. The van der Waals surface area contributed by atoms with Crippen molar-refractivity contribution < 1.29 is 4.74 Å². The van der Waals surface area contributed by atoms with E-state index in [2.05, 4.69) is 164 Å². The summed E-state index contributed by atoms with van der Waals surface area (Å²) in [5.74, 6) is 3.77. The quantitative estimate of drug-likeness (QED) is 0.166. The molecule has 3 heterocycles. The van der Waals surface area contributed by atoms with Crippen LogP contribution in [0, 0.1) is 0 Å². The summed E-state index contributed by atoms with van der Waals surface area (Å²) >= 11 is 0. The van der Waals surface area contributed by atoms with Crippen LogP contribution in [0.5, 0.6) is 11.5 Å². The Bertz CT molecular complexity index is 2900. The molecular weight excluding hydrogens is 699 g/mol. The van der Waals surface area contributed by atoms with Gasteiger partial charge in [-0.2, -0.15) is 0 Å². The summed E-state index contributed by atoms with van der Waals surface area (Å²) in [7, 11) is -2.72. The van der Waals surface area contributed by atoms with Gasteiger partial charge in [0.1, 0.15) is 11.5 Å². The summed E-state index contributed by atoms with van der Waals surface area (Å²) in [6.45, 7) is 0. The number of ether oxygens (including phenoxy) is 1. The van der Waals surface area contributed by atoms with Crippen molar-refractivity contribution in [3.8, 4) is 79.0 Å². The third-order valence-electron chi connectivity index (χ3n) is 11.2. The van der Waals surface area contributed by atoms with E-state index < -0.39 is 8.07 Å². The molecule has 11 rings (SSSR count). The van der Waals surface area contributed by atoms with Gasteiger partial charge in [0.25, 0.3) is 0 Å². The highest BCUT2D eigenvalue weighted by Gasteiger charge is 2.53. The summed E-state index contributed by atoms with van der Waals surface area (Å²) in [4.78, 5) is 15.2. The number of hydrogen-bond acceptors (Lipinski definition) is 4. The van der Waals surface area contributed by atoms with Crippen LogP contribution in [0.25, 0.3) is 67.5 Å². The molecule has 4 nitrogen and oxygen atoms in total. The normalized spacial score (nSPS) is 12.9. The topological polar surface area (TPSA) is 47.9 Å². The van der Waals surface area contributed by atoms with E-state index in [1.165, 1.54) is 37.4 Å². The Hall–Kier alpha value is -7.21. The van der Waals surface area contributed by atoms with Crippen molar-refractivity contribution in [3.63, 3.8) is 0 Å². The minimum Gasteiger partial charge on any atom is -0.458 e. The second-order valence-corrected chi connectivity index (χ2v) is 18.0. The van der Waals surface area contributed by atoms with Crippen LogP contribution in [0.4, 0.5) is 0 Å². The lowest BCUT2D eigenvalue weighted by atomic mass is 10.0. The zero-order valence-electron chi connectivity index (χ0n) is 30.3. The number of fused-ring (bicyclic) bond motifs is 9. The molecule has 0 aliphatic carbocycles. The zero-order chi connectivity index (χ0) is 37.1. The van der Waals surface area contributed by atoms with Crippen LogP contribution >= 0.6 is 0 Å². The van der Waals surface area contributed by atoms with E-state index in [1.807, 2.05) is 36.4 Å². The van der Waals surface area contributed by atoms with Crippen LogP contribution < -0.4 is 25.5 Å². The molecule has 5 heteroatoms. The molecular formula is C51H33N3OSi. The highest BCUT2D eigenvalue weighted by atomic mass is 28.3. The summed E-state index contributed by atoms with van der Waals surface area (Å²) < 4.78 is 6.73. The number of aromatic nitrogens is 3. The molecule has 0 atom stereocenters. The number of hydrogen-bond donors (Lipinski definition) is 0. The minimum absolute atomic E-state index is 0.627. The van der Waals surface area contributed by atoms with Crippen molar-refractivity contribution in [2.24, 2.45) is 0 Å². The molecule has 0 unspecified atom stereocenters. The van der Waals surface area contributed by atoms with Gasteiger partial charge in [-0.3, -0.25) is 0 Å². The van der Waals surface area contributed by atoms with Crippen molar-refractivity contribution in [1.29, 1.82) is 0 Å². The lowest BCUT2D eigenvalue weighted by Crippen LogP contribution is -2.74. The van der Waals surface area contributed by atoms with Gasteiger partial charge in [-0.05, 0) is 72.3 Å². The maximum Gasteiger partial charge on any atom is 0.189 e. The molecule has 0 fully saturated rings. The van der Waals surface area contributed by atoms with Crippen molar-refractivity contribution in [1.82, 2.24) is 15.0 Å². The third kappa shape index (κ3) is 5.09. The molecule has 56 heavy (non-hydrogen) atoms. The Morgan fingerprint density at radius 1 is 0.286 bits per heavy atom. The van der Waals surface area contributed by atoms with Crippen LogP contribution in [0.3, 0.4) is 0 Å². The monoisotopic (exact) mass is 731 g/mol. The molecule has 0 saturated carbocycles. The largest absolute Gasteiger partial charge is 0.458 e. The molecule has 0 bridgehead atoms. The highest BCUT2D eigenvalue weighted by molar-refractivity contribution is 7.23. The number of nitrogens with zero attached hydrogens (tertiary/aromatic N) is 3. The molecule has 0 N–H and O–H groups in total. The first-order chi connectivity index (χ1) is 27.7. The molecule has 0 radical (unpaired) electrons. The zero-order valence-corrected chi connectivity index (χ0v) is 31.3. The Kier molecular flexibility index (Phi) is 7.47. The standard InChI is InChI=1S/C51H33N3OSi/c1-3-14-34(15-4-1)35-26-28-37(29-27-35)50-52-49(36-16-5-2-6-17-36)53-51(54-50)40-19-13-18-38(32-40)39-30-31-44-48(33-39)56(47-25-12-9-22-43(47)55-44)45-23-10-7-20-41(45)42-21-8-11-24-46(42)56/h1-33H. The van der Waals surface area contributed by atoms with Gasteiger partial charge in [-0.25, -0.2) is 15.0 Å². The van der Waals surface area contributed by atoms with Crippen molar-refractivity contribution in [2.75, 3.05) is 0 Å². The van der Waals surface area contributed by atoms with Crippen LogP contribution in [0.2, 0.25) is 0 Å². The third-order valence-corrected chi connectivity index (χ3v) is 16.1. The Morgan fingerprint density at radius 2 is 0.714 bits per heavy atom. The van der Waals surface area contributed by atoms with E-state index in [9.17, 15) is 0 Å². The van der Waals surface area contributed by atoms with Crippen molar-refractivity contribution >= 4 is 28.8 Å². The highest BCUT2D eigenvalue weighted by Crippen LogP contribution is 2.38. The first-order valence-corrected chi connectivity index (χ1v) is 20.9. The van der Waals surface area contributed by atoms with Gasteiger partial charge in [0, 0.05) is 16.7 Å². The average molecular weight is 732 g/mol. The van der Waals surface area contributed by atoms with E-state index >= 15 is 0 Å². The molecule has 2 aliphatic rings. The summed E-state index contributed by atoms with van der Waals surface area (Å²) in [6.07, 6.45) is 0. The minimum atomic E-state index is -2.72. The molecule has 9 aromatic rings. The van der Waals surface area contributed by atoms with Gasteiger partial charge in [0.05, 0.1) is 0 Å². The summed E-state index contributed by atoms with van der Waals surface area (Å²) in [6, 6.07) is 70.9. The maximum absolute atomic E-state index is 6.73. The molecule has 8 aromatic carbocycles. The van der Waals surface area contributed by atoms with E-state index in [4.69, 9.17) is 19.7 Å². The first kappa shape index (κ1) is 32.2. The number of benzene rings is 8. The van der Waals surface area contributed by atoms with Gasteiger partial charge < -0.3 is 4.74 Å². The number of para-hydroxylation sites is 1. The lowest BCUT2D eigenvalue weighted by molar-refractivity contribution is 0.487. The van der Waals surface area contributed by atoms with Crippen LogP contribution in [0.1, 0.15) is 0 Å². The second kappa shape index (κ2) is 13.0. The summed E-state index contributed by atoms with van der Waals surface area (Å²) in [5.41, 5.74) is 9.96. The summed E-state index contributed by atoms with van der Waals surface area (Å²) in [5, 5.41) is 5.38. The van der Waals surface area contributed by atoms with E-state index in [-0.39, 0.29) is 0 Å². The Balaban J connectivity index is 1.05. The Labute approximate surface area is 326 Å². The van der Waals surface area contributed by atoms with E-state index in [0.29, 0.717) is 17.5 Å². The van der Waals surface area contributed by atoms with Gasteiger partial charge in [0.15, 0.2) is 25.5 Å². The van der Waals surface area contributed by atoms with E-state index in [0.717, 1.165) is 44.9 Å². The first-order valence-electron chi connectivity index (χ1n) is 18.9. The maximum atomic E-state index is 6.73. The lowest BCUT2D eigenvalue weighted by Gasteiger charge is -2.37. The number of rotatable bonds is 5. The molecule has 1 spiro atoms. The van der Waals surface area contributed by atoms with Gasteiger partial charge in [-0.15, -0.1) is 0 Å². The van der Waals surface area contributed by atoms with Crippen LogP contribution in [-0.2, 0) is 0 Å². The van der Waals surface area contributed by atoms with Crippen LogP contribution in [-0.4, -0.2) is 23.0 Å². The fraction of sp³-hybridized carbons (Fsp3) is 0. The molecule has 0 amide bonds. The fourth-order valence-corrected chi connectivity index (χ4v) is 14.1. The van der Waals surface area contributed by atoms with Gasteiger partial charge in [0.2, 0.25) is 0 Å². The van der Waals surface area contributed by atoms with E-state index in [1.54, 1.807) is 0 Å². The SMILES string of the molecule is c1ccc(-c2ccc(-c3nc(-c4ccccc4)nc(-c4cccc(-c5ccc6c(c5)[Si]5(c7ccccc7O6)c6ccccc6-c6ccccc65)c4)n3)cc2)cc1.